The third-order valence-corrected chi connectivity index (χ3v) is 6.26. The largest absolute Gasteiger partial charge is 0.497 e. The highest BCUT2D eigenvalue weighted by Crippen LogP contribution is 2.30. The van der Waals surface area contributed by atoms with E-state index in [1.807, 2.05) is 0 Å². The number of nitrogens with zero attached hydrogens (tertiary/aromatic N) is 1. The van der Waals surface area contributed by atoms with Crippen LogP contribution in [-0.2, 0) is 14.8 Å². The van der Waals surface area contributed by atoms with Crippen LogP contribution >= 0.6 is 0 Å². The number of rotatable bonds is 6. The minimum atomic E-state index is -3.78. The molecule has 1 saturated heterocycles. The van der Waals surface area contributed by atoms with E-state index in [-0.39, 0.29) is 29.6 Å². The maximum Gasteiger partial charge on any atom is 0.255 e. The van der Waals surface area contributed by atoms with Crippen molar-refractivity contribution in [3.63, 3.8) is 0 Å². The Kier molecular flexibility index (Phi) is 6.18. The summed E-state index contributed by atoms with van der Waals surface area (Å²) in [6, 6.07) is 11.2. The Balaban J connectivity index is 1.89. The predicted molar refractivity (Wildman–Crippen MR) is 104 cm³/mol. The molecule has 9 heteroatoms. The minimum absolute atomic E-state index is 0.000317. The number of carbonyl (C=O) groups excluding carboxylic acids is 1. The van der Waals surface area contributed by atoms with Crippen LogP contribution in [0.2, 0.25) is 0 Å². The summed E-state index contributed by atoms with van der Waals surface area (Å²) in [5, 5.41) is 2.72. The van der Waals surface area contributed by atoms with E-state index in [0.717, 1.165) is 0 Å². The molecule has 0 radical (unpaired) electrons. The fraction of sp³-hybridized carbons (Fsp3) is 0.316. The molecule has 1 aliphatic heterocycles. The molecular formula is C19H22N2O6S. The van der Waals surface area contributed by atoms with Gasteiger partial charge in [0.2, 0.25) is 10.0 Å². The maximum atomic E-state index is 13.0. The molecule has 1 amide bonds. The Labute approximate surface area is 164 Å². The van der Waals surface area contributed by atoms with Gasteiger partial charge in [0, 0.05) is 24.3 Å². The lowest BCUT2D eigenvalue weighted by Gasteiger charge is -2.26. The Morgan fingerprint density at radius 2 is 1.82 bits per heavy atom. The van der Waals surface area contributed by atoms with E-state index in [1.54, 1.807) is 30.3 Å². The van der Waals surface area contributed by atoms with E-state index < -0.39 is 10.0 Å². The zero-order valence-corrected chi connectivity index (χ0v) is 16.5. The van der Waals surface area contributed by atoms with Crippen molar-refractivity contribution in [3.8, 4) is 11.5 Å². The molecule has 0 aliphatic carbocycles. The van der Waals surface area contributed by atoms with Gasteiger partial charge in [-0.2, -0.15) is 4.31 Å². The molecule has 3 rings (SSSR count). The second kappa shape index (κ2) is 8.59. The summed E-state index contributed by atoms with van der Waals surface area (Å²) in [7, 11) is -0.859. The maximum absolute atomic E-state index is 13.0. The standard InChI is InChI=1S/C19H22N2O6S/c1-25-16-5-3-4-14(12-16)19(22)20-15-6-7-17(26-2)18(13-15)28(23,24)21-8-10-27-11-9-21/h3-7,12-13H,8-11H2,1-2H3,(H,20,22). The van der Waals surface area contributed by atoms with E-state index >= 15 is 0 Å². The topological polar surface area (TPSA) is 94.2 Å². The fourth-order valence-corrected chi connectivity index (χ4v) is 4.44. The summed E-state index contributed by atoms with van der Waals surface area (Å²) in [6.07, 6.45) is 0. The molecule has 1 fully saturated rings. The zero-order valence-electron chi connectivity index (χ0n) is 15.7. The van der Waals surface area contributed by atoms with E-state index in [0.29, 0.717) is 30.2 Å². The second-order valence-electron chi connectivity index (χ2n) is 6.07. The van der Waals surface area contributed by atoms with Crippen LogP contribution in [0.25, 0.3) is 0 Å². The van der Waals surface area contributed by atoms with Gasteiger partial charge in [-0.3, -0.25) is 4.79 Å². The van der Waals surface area contributed by atoms with Crippen LogP contribution in [0.4, 0.5) is 5.69 Å². The molecular weight excluding hydrogens is 384 g/mol. The van der Waals surface area contributed by atoms with Gasteiger partial charge in [0.15, 0.2) is 0 Å². The lowest BCUT2D eigenvalue weighted by Crippen LogP contribution is -2.40. The summed E-state index contributed by atoms with van der Waals surface area (Å²) >= 11 is 0. The molecule has 1 N–H and O–H groups in total. The lowest BCUT2D eigenvalue weighted by atomic mass is 10.2. The highest BCUT2D eigenvalue weighted by molar-refractivity contribution is 7.89. The molecule has 8 nitrogen and oxygen atoms in total. The smallest absolute Gasteiger partial charge is 0.255 e. The molecule has 0 atom stereocenters. The predicted octanol–water partition coefficient (Wildman–Crippen LogP) is 1.98. The SMILES string of the molecule is COc1cccc(C(=O)Nc2ccc(OC)c(S(=O)(=O)N3CCOCC3)c2)c1. The summed E-state index contributed by atoms with van der Waals surface area (Å²) in [5.41, 5.74) is 0.744. The number of anilines is 1. The van der Waals surface area contributed by atoms with Crippen molar-refractivity contribution in [1.82, 2.24) is 4.31 Å². The van der Waals surface area contributed by atoms with Gasteiger partial charge in [0.05, 0.1) is 27.4 Å². The van der Waals surface area contributed by atoms with E-state index in [4.69, 9.17) is 14.2 Å². The molecule has 0 spiro atoms. The van der Waals surface area contributed by atoms with Crippen molar-refractivity contribution >= 4 is 21.6 Å². The number of carbonyl (C=O) groups is 1. The average molecular weight is 406 g/mol. The fourth-order valence-electron chi connectivity index (χ4n) is 2.85. The van der Waals surface area contributed by atoms with E-state index in [2.05, 4.69) is 5.32 Å². The first kappa shape index (κ1) is 20.1. The van der Waals surface area contributed by atoms with Gasteiger partial charge in [0.25, 0.3) is 5.91 Å². The van der Waals surface area contributed by atoms with Gasteiger partial charge in [-0.05, 0) is 36.4 Å². The zero-order chi connectivity index (χ0) is 20.1. The highest BCUT2D eigenvalue weighted by atomic mass is 32.2. The third-order valence-electron chi connectivity index (χ3n) is 4.34. The van der Waals surface area contributed by atoms with Crippen molar-refractivity contribution in [2.24, 2.45) is 0 Å². The number of ether oxygens (including phenoxy) is 3. The molecule has 0 aromatic heterocycles. The number of sulfonamides is 1. The molecule has 0 unspecified atom stereocenters. The van der Waals surface area contributed by atoms with Crippen molar-refractivity contribution in [3.05, 3.63) is 48.0 Å². The van der Waals surface area contributed by atoms with Crippen LogP contribution in [0.5, 0.6) is 11.5 Å². The minimum Gasteiger partial charge on any atom is -0.497 e. The molecule has 2 aromatic rings. The lowest BCUT2D eigenvalue weighted by molar-refractivity contribution is 0.0729. The van der Waals surface area contributed by atoms with Gasteiger partial charge in [-0.15, -0.1) is 0 Å². The molecule has 0 bridgehead atoms. The summed E-state index contributed by atoms with van der Waals surface area (Å²) in [4.78, 5) is 12.5. The van der Waals surface area contributed by atoms with Crippen molar-refractivity contribution in [2.75, 3.05) is 45.8 Å². The van der Waals surface area contributed by atoms with Crippen LogP contribution in [0, 0.1) is 0 Å². The molecule has 2 aromatic carbocycles. The number of amides is 1. The molecule has 28 heavy (non-hydrogen) atoms. The normalized spacial score (nSPS) is 15.1. The number of hydrogen-bond donors (Lipinski definition) is 1. The number of benzene rings is 2. The number of hydrogen-bond acceptors (Lipinski definition) is 6. The van der Waals surface area contributed by atoms with Gasteiger partial charge in [0.1, 0.15) is 16.4 Å². The van der Waals surface area contributed by atoms with Crippen molar-refractivity contribution < 1.29 is 27.4 Å². The molecule has 1 heterocycles. The van der Waals surface area contributed by atoms with Crippen LogP contribution in [0.1, 0.15) is 10.4 Å². The van der Waals surface area contributed by atoms with Gasteiger partial charge in [-0.1, -0.05) is 6.07 Å². The quantitative estimate of drug-likeness (QED) is 0.788. The summed E-state index contributed by atoms with van der Waals surface area (Å²) in [5.74, 6) is 0.391. The Morgan fingerprint density at radius 1 is 1.07 bits per heavy atom. The number of morpholine rings is 1. The first-order valence-corrected chi connectivity index (χ1v) is 10.1. The highest BCUT2D eigenvalue weighted by Gasteiger charge is 2.29. The van der Waals surface area contributed by atoms with Gasteiger partial charge in [-0.25, -0.2) is 8.42 Å². The Bertz CT molecular complexity index is 955. The van der Waals surface area contributed by atoms with Crippen LogP contribution in [-0.4, -0.2) is 59.2 Å². The summed E-state index contributed by atoms with van der Waals surface area (Å²) < 4.78 is 43.0. The molecule has 0 saturated carbocycles. The number of methoxy groups -OCH3 is 2. The van der Waals surface area contributed by atoms with Crippen LogP contribution in [0.3, 0.4) is 0 Å². The van der Waals surface area contributed by atoms with Crippen molar-refractivity contribution in [2.45, 2.75) is 4.90 Å². The molecule has 1 aliphatic rings. The van der Waals surface area contributed by atoms with Crippen molar-refractivity contribution in [1.29, 1.82) is 0 Å². The Hall–Kier alpha value is -2.62. The third kappa shape index (κ3) is 4.27. The second-order valence-corrected chi connectivity index (χ2v) is 7.97. The first-order chi connectivity index (χ1) is 13.5. The van der Waals surface area contributed by atoms with Crippen LogP contribution in [0.15, 0.2) is 47.4 Å². The van der Waals surface area contributed by atoms with E-state index in [1.165, 1.54) is 30.7 Å². The van der Waals surface area contributed by atoms with E-state index in [9.17, 15) is 13.2 Å². The number of nitrogens with one attached hydrogen (secondary N) is 1. The average Bonchev–Trinajstić information content (AvgIpc) is 2.74. The van der Waals surface area contributed by atoms with Crippen LogP contribution < -0.4 is 14.8 Å². The summed E-state index contributed by atoms with van der Waals surface area (Å²) in [6.45, 7) is 1.22. The molecule has 150 valence electrons. The Morgan fingerprint density at radius 3 is 2.50 bits per heavy atom. The monoisotopic (exact) mass is 406 g/mol. The van der Waals surface area contributed by atoms with Gasteiger partial charge >= 0.3 is 0 Å². The van der Waals surface area contributed by atoms with Gasteiger partial charge < -0.3 is 19.5 Å². The first-order valence-electron chi connectivity index (χ1n) is 8.67.